The average Bonchev–Trinajstić information content (AvgIpc) is 2.25. The number of aromatic nitrogens is 2. The standard InChI is InChI=1S/C11H4ClF5N2O/c12-8-4-9(19-10(18-8)11(15,16)17)20-7-2-5(13)1-6(14)3-7/h1-4H. The Bertz CT molecular complexity index is 627. The summed E-state index contributed by atoms with van der Waals surface area (Å²) in [5.74, 6) is -4.35. The van der Waals surface area contributed by atoms with E-state index in [1.54, 1.807) is 0 Å². The predicted octanol–water partition coefficient (Wildman–Crippen LogP) is 4.22. The second kappa shape index (κ2) is 5.20. The van der Waals surface area contributed by atoms with E-state index >= 15 is 0 Å². The summed E-state index contributed by atoms with van der Waals surface area (Å²) in [5, 5.41) is -0.515. The van der Waals surface area contributed by atoms with Crippen LogP contribution in [0.2, 0.25) is 5.15 Å². The van der Waals surface area contributed by atoms with Crippen LogP contribution >= 0.6 is 11.6 Å². The van der Waals surface area contributed by atoms with Crippen LogP contribution in [-0.2, 0) is 6.18 Å². The van der Waals surface area contributed by atoms with E-state index in [-0.39, 0.29) is 5.75 Å². The van der Waals surface area contributed by atoms with Crippen molar-refractivity contribution in [3.8, 4) is 11.6 Å². The zero-order chi connectivity index (χ0) is 14.9. The molecule has 0 aliphatic carbocycles. The van der Waals surface area contributed by atoms with Crippen LogP contribution < -0.4 is 4.74 Å². The third-order valence-corrected chi connectivity index (χ3v) is 2.18. The van der Waals surface area contributed by atoms with Crippen molar-refractivity contribution in [1.29, 1.82) is 0 Å². The number of ether oxygens (including phenoxy) is 1. The molecule has 0 N–H and O–H groups in total. The first-order valence-electron chi connectivity index (χ1n) is 5.00. The van der Waals surface area contributed by atoms with E-state index in [2.05, 4.69) is 9.97 Å². The van der Waals surface area contributed by atoms with Gasteiger partial charge in [-0.05, 0) is 0 Å². The van der Waals surface area contributed by atoms with Crippen LogP contribution in [0.25, 0.3) is 0 Å². The number of rotatable bonds is 2. The molecule has 0 saturated carbocycles. The molecular formula is C11H4ClF5N2O. The van der Waals surface area contributed by atoms with Crippen LogP contribution in [0.3, 0.4) is 0 Å². The molecule has 0 spiro atoms. The maximum Gasteiger partial charge on any atom is 0.451 e. The largest absolute Gasteiger partial charge is 0.451 e. The van der Waals surface area contributed by atoms with Gasteiger partial charge in [0.2, 0.25) is 11.7 Å². The van der Waals surface area contributed by atoms with E-state index in [0.717, 1.165) is 18.2 Å². The molecule has 0 radical (unpaired) electrons. The Kier molecular flexibility index (Phi) is 3.76. The summed E-state index contributed by atoms with van der Waals surface area (Å²) < 4.78 is 68.0. The minimum absolute atomic E-state index is 0.356. The number of hydrogen-bond donors (Lipinski definition) is 0. The first kappa shape index (κ1) is 14.4. The van der Waals surface area contributed by atoms with Crippen LogP contribution in [0, 0.1) is 11.6 Å². The first-order chi connectivity index (χ1) is 9.24. The number of alkyl halides is 3. The van der Waals surface area contributed by atoms with Crippen molar-refractivity contribution in [1.82, 2.24) is 9.97 Å². The van der Waals surface area contributed by atoms with Gasteiger partial charge in [0, 0.05) is 24.3 Å². The van der Waals surface area contributed by atoms with E-state index in [9.17, 15) is 22.0 Å². The SMILES string of the molecule is Fc1cc(F)cc(Oc2cc(Cl)nc(C(F)(F)F)n2)c1. The summed E-state index contributed by atoms with van der Waals surface area (Å²) in [4.78, 5) is 6.05. The lowest BCUT2D eigenvalue weighted by molar-refractivity contribution is -0.145. The quantitative estimate of drug-likeness (QED) is 0.615. The van der Waals surface area contributed by atoms with E-state index in [0.29, 0.717) is 6.07 Å². The normalized spacial score (nSPS) is 11.5. The van der Waals surface area contributed by atoms with Crippen LogP contribution in [0.4, 0.5) is 22.0 Å². The minimum atomic E-state index is -4.82. The Morgan fingerprint density at radius 3 is 2.10 bits per heavy atom. The van der Waals surface area contributed by atoms with Crippen LogP contribution in [0.1, 0.15) is 5.82 Å². The number of benzene rings is 1. The van der Waals surface area contributed by atoms with Crippen LogP contribution in [0.5, 0.6) is 11.6 Å². The van der Waals surface area contributed by atoms with Crippen molar-refractivity contribution in [2.45, 2.75) is 6.18 Å². The molecule has 0 saturated heterocycles. The molecule has 1 aromatic heterocycles. The minimum Gasteiger partial charge on any atom is -0.439 e. The van der Waals surface area contributed by atoms with Gasteiger partial charge in [-0.2, -0.15) is 18.2 Å². The molecule has 1 aromatic carbocycles. The van der Waals surface area contributed by atoms with E-state index < -0.39 is 34.7 Å². The molecule has 1 heterocycles. The van der Waals surface area contributed by atoms with Crippen molar-refractivity contribution < 1.29 is 26.7 Å². The first-order valence-corrected chi connectivity index (χ1v) is 5.37. The Balaban J connectivity index is 2.36. The van der Waals surface area contributed by atoms with Crippen molar-refractivity contribution in [3.05, 3.63) is 46.9 Å². The Hall–Kier alpha value is -1.96. The molecule has 0 bridgehead atoms. The zero-order valence-corrected chi connectivity index (χ0v) is 10.1. The fraction of sp³-hybridized carbons (Fsp3) is 0.0909. The molecule has 0 amide bonds. The fourth-order valence-corrected chi connectivity index (χ4v) is 1.46. The Morgan fingerprint density at radius 1 is 0.950 bits per heavy atom. The second-order valence-electron chi connectivity index (χ2n) is 3.56. The molecule has 2 aromatic rings. The Labute approximate surface area is 114 Å². The number of hydrogen-bond acceptors (Lipinski definition) is 3. The predicted molar refractivity (Wildman–Crippen MR) is 58.5 cm³/mol. The van der Waals surface area contributed by atoms with Gasteiger partial charge in [0.1, 0.15) is 22.5 Å². The monoisotopic (exact) mass is 310 g/mol. The van der Waals surface area contributed by atoms with E-state index in [4.69, 9.17) is 16.3 Å². The van der Waals surface area contributed by atoms with Crippen molar-refractivity contribution >= 4 is 11.6 Å². The number of halogens is 6. The molecule has 0 unspecified atom stereocenters. The van der Waals surface area contributed by atoms with Gasteiger partial charge >= 0.3 is 6.18 Å². The molecule has 9 heteroatoms. The molecule has 2 rings (SSSR count). The van der Waals surface area contributed by atoms with E-state index in [1.807, 2.05) is 0 Å². The molecule has 0 aliphatic rings. The summed E-state index contributed by atoms with van der Waals surface area (Å²) in [7, 11) is 0. The second-order valence-corrected chi connectivity index (χ2v) is 3.94. The highest BCUT2D eigenvalue weighted by atomic mass is 35.5. The third-order valence-electron chi connectivity index (χ3n) is 1.98. The van der Waals surface area contributed by atoms with Gasteiger partial charge in [-0.25, -0.2) is 13.8 Å². The lowest BCUT2D eigenvalue weighted by Gasteiger charge is -2.09. The summed E-state index contributed by atoms with van der Waals surface area (Å²) in [6.45, 7) is 0. The van der Waals surface area contributed by atoms with Gasteiger partial charge in [0.25, 0.3) is 0 Å². The molecule has 0 atom stereocenters. The fourth-order valence-electron chi connectivity index (χ4n) is 1.28. The van der Waals surface area contributed by atoms with Gasteiger partial charge in [0.05, 0.1) is 0 Å². The maximum atomic E-state index is 12.9. The molecule has 0 fully saturated rings. The molecule has 20 heavy (non-hydrogen) atoms. The average molecular weight is 311 g/mol. The number of nitrogens with zero attached hydrogens (tertiary/aromatic N) is 2. The maximum absolute atomic E-state index is 12.9. The van der Waals surface area contributed by atoms with E-state index in [1.165, 1.54) is 0 Å². The lowest BCUT2D eigenvalue weighted by Crippen LogP contribution is -2.11. The molecule has 3 nitrogen and oxygen atoms in total. The van der Waals surface area contributed by atoms with Gasteiger partial charge < -0.3 is 4.74 Å². The molecule has 0 aliphatic heterocycles. The zero-order valence-electron chi connectivity index (χ0n) is 9.38. The highest BCUT2D eigenvalue weighted by Gasteiger charge is 2.35. The van der Waals surface area contributed by atoms with Crippen LogP contribution in [0.15, 0.2) is 24.3 Å². The summed E-state index contributed by atoms with van der Waals surface area (Å²) >= 11 is 5.41. The lowest BCUT2D eigenvalue weighted by atomic mass is 10.3. The van der Waals surface area contributed by atoms with Crippen molar-refractivity contribution in [2.75, 3.05) is 0 Å². The Morgan fingerprint density at radius 2 is 1.55 bits per heavy atom. The molecular weight excluding hydrogens is 307 g/mol. The van der Waals surface area contributed by atoms with Gasteiger partial charge in [-0.1, -0.05) is 11.6 Å². The third kappa shape index (κ3) is 3.53. The van der Waals surface area contributed by atoms with Gasteiger partial charge in [-0.3, -0.25) is 0 Å². The van der Waals surface area contributed by atoms with Crippen molar-refractivity contribution in [2.24, 2.45) is 0 Å². The van der Waals surface area contributed by atoms with Gasteiger partial charge in [-0.15, -0.1) is 0 Å². The van der Waals surface area contributed by atoms with Gasteiger partial charge in [0.15, 0.2) is 0 Å². The summed E-state index contributed by atoms with van der Waals surface area (Å²) in [6, 6.07) is 3.04. The molecule has 106 valence electrons. The summed E-state index contributed by atoms with van der Waals surface area (Å²) in [6.07, 6.45) is -4.82. The topological polar surface area (TPSA) is 35.0 Å². The van der Waals surface area contributed by atoms with Crippen LogP contribution in [-0.4, -0.2) is 9.97 Å². The highest BCUT2D eigenvalue weighted by Crippen LogP contribution is 2.30. The van der Waals surface area contributed by atoms with Crippen molar-refractivity contribution in [3.63, 3.8) is 0 Å². The summed E-state index contributed by atoms with van der Waals surface area (Å²) in [5.41, 5.74) is 0. The highest BCUT2D eigenvalue weighted by molar-refractivity contribution is 6.29. The smallest absolute Gasteiger partial charge is 0.439 e.